The molecule has 6 rings (SSSR count). The molecule has 1 atom stereocenters. The molecule has 0 saturated carbocycles. The van der Waals surface area contributed by atoms with Crippen LogP contribution in [-0.2, 0) is 24.2 Å². The highest BCUT2D eigenvalue weighted by Gasteiger charge is 2.18. The molecule has 2 aromatic heterocycles. The zero-order valence-corrected chi connectivity index (χ0v) is 24.5. The molecule has 3 heterocycles. The minimum absolute atomic E-state index is 0.105. The van der Waals surface area contributed by atoms with Crippen molar-refractivity contribution in [2.75, 3.05) is 24.3 Å². The molecule has 0 bridgehead atoms. The van der Waals surface area contributed by atoms with Crippen molar-refractivity contribution in [3.8, 4) is 17.1 Å². The number of anilines is 3. The van der Waals surface area contributed by atoms with Crippen molar-refractivity contribution in [1.29, 1.82) is 0 Å². The lowest BCUT2D eigenvalue weighted by Gasteiger charge is -2.25. The Balaban J connectivity index is 1.16. The minimum Gasteiger partial charge on any atom is -0.483 e. The van der Waals surface area contributed by atoms with Crippen LogP contribution in [-0.4, -0.2) is 34.4 Å². The van der Waals surface area contributed by atoms with Crippen LogP contribution in [0.4, 0.5) is 17.1 Å². The van der Waals surface area contributed by atoms with Gasteiger partial charge in [-0.15, -0.1) is 11.3 Å². The summed E-state index contributed by atoms with van der Waals surface area (Å²) < 4.78 is 6.12. The summed E-state index contributed by atoms with van der Waals surface area (Å²) in [4.78, 5) is 25.4. The molecule has 1 unspecified atom stereocenters. The molecule has 0 spiro atoms. The van der Waals surface area contributed by atoms with Gasteiger partial charge < -0.3 is 15.4 Å². The molecule has 0 radical (unpaired) electrons. The maximum Gasteiger partial charge on any atom is 0.262 e. The number of thiophene rings is 1. The third-order valence-electron chi connectivity index (χ3n) is 7.62. The number of aromatic nitrogens is 2. The van der Waals surface area contributed by atoms with Gasteiger partial charge in [0.25, 0.3) is 5.91 Å². The van der Waals surface area contributed by atoms with E-state index >= 15 is 0 Å². The fourth-order valence-corrected chi connectivity index (χ4v) is 6.03. The number of rotatable bonds is 9. The summed E-state index contributed by atoms with van der Waals surface area (Å²) in [5, 5.41) is 8.65. The molecule has 42 heavy (non-hydrogen) atoms. The summed E-state index contributed by atoms with van der Waals surface area (Å²) in [6.07, 6.45) is 5.40. The average molecular weight is 576 g/mol. The molecule has 1 aliphatic rings. The van der Waals surface area contributed by atoms with E-state index in [0.717, 1.165) is 41.0 Å². The molecule has 0 saturated heterocycles. The Morgan fingerprint density at radius 2 is 1.79 bits per heavy atom. The number of hydrogen-bond donors (Lipinski definition) is 2. The fourth-order valence-electron chi connectivity index (χ4n) is 5.19. The zero-order valence-electron chi connectivity index (χ0n) is 23.7. The van der Waals surface area contributed by atoms with Crippen LogP contribution in [0.5, 0.6) is 5.75 Å². The number of amides is 1. The third kappa shape index (κ3) is 6.35. The zero-order chi connectivity index (χ0) is 28.9. The van der Waals surface area contributed by atoms with Gasteiger partial charge in [0.05, 0.1) is 0 Å². The number of hydrogen-bond acceptors (Lipinski definition) is 7. The first-order chi connectivity index (χ1) is 20.5. The lowest BCUT2D eigenvalue weighted by Crippen LogP contribution is -2.23. The van der Waals surface area contributed by atoms with Crippen molar-refractivity contribution in [3.63, 3.8) is 0 Å². The van der Waals surface area contributed by atoms with Crippen LogP contribution in [0.1, 0.15) is 34.5 Å². The van der Waals surface area contributed by atoms with Gasteiger partial charge in [0.15, 0.2) is 12.4 Å². The van der Waals surface area contributed by atoms with E-state index in [1.165, 1.54) is 16.0 Å². The summed E-state index contributed by atoms with van der Waals surface area (Å²) in [6, 6.07) is 26.5. The number of fused-ring (bicyclic) bond motifs is 2. The van der Waals surface area contributed by atoms with Crippen LogP contribution in [0.25, 0.3) is 11.4 Å². The van der Waals surface area contributed by atoms with Gasteiger partial charge in [-0.05, 0) is 91.9 Å². The Bertz CT molecular complexity index is 1670. The van der Waals surface area contributed by atoms with Gasteiger partial charge in [-0.1, -0.05) is 30.3 Å². The smallest absolute Gasteiger partial charge is 0.262 e. The molecule has 8 heteroatoms. The predicted molar refractivity (Wildman–Crippen MR) is 169 cm³/mol. The average Bonchev–Trinajstić information content (AvgIpc) is 3.49. The molecule has 1 amide bonds. The molecule has 212 valence electrons. The minimum atomic E-state index is -0.217. The van der Waals surface area contributed by atoms with Gasteiger partial charge in [-0.3, -0.25) is 9.69 Å². The Morgan fingerprint density at radius 1 is 0.976 bits per heavy atom. The molecule has 7 nitrogen and oxygen atoms in total. The Morgan fingerprint density at radius 3 is 2.60 bits per heavy atom. The lowest BCUT2D eigenvalue weighted by atomic mass is 10.0. The highest BCUT2D eigenvalue weighted by atomic mass is 32.1. The summed E-state index contributed by atoms with van der Waals surface area (Å²) in [5.41, 5.74) is 7.25. The van der Waals surface area contributed by atoms with Crippen molar-refractivity contribution in [1.82, 2.24) is 14.9 Å². The summed E-state index contributed by atoms with van der Waals surface area (Å²) >= 11 is 1.75. The number of aryl methyl sites for hydroxylation is 2. The Labute approximate surface area is 250 Å². The third-order valence-corrected chi connectivity index (χ3v) is 8.67. The maximum absolute atomic E-state index is 13.0. The second kappa shape index (κ2) is 12.5. The standard InChI is InChI=1S/C34H33N5O2S/c1-23(32-9-5-18-42-32)39(2)21-27-19-26(34-35-16-6-17-36-34)13-15-31(27)41-22-33(40)37-28-14-12-25-11-10-24-7-3-4-8-29(24)38-30(25)20-28/h3-9,12-20,23,38H,10-11,21-22H2,1-2H3,(H,37,40). The van der Waals surface area contributed by atoms with Gasteiger partial charge >= 0.3 is 0 Å². The van der Waals surface area contributed by atoms with E-state index in [4.69, 9.17) is 4.74 Å². The van der Waals surface area contributed by atoms with Crippen LogP contribution in [0.15, 0.2) is 96.6 Å². The van der Waals surface area contributed by atoms with Crippen molar-refractivity contribution in [2.45, 2.75) is 32.4 Å². The van der Waals surface area contributed by atoms with Crippen molar-refractivity contribution in [3.05, 3.63) is 118 Å². The van der Waals surface area contributed by atoms with E-state index in [2.05, 4.69) is 87.3 Å². The largest absolute Gasteiger partial charge is 0.483 e. The number of nitrogens with zero attached hydrogens (tertiary/aromatic N) is 3. The number of ether oxygens (including phenoxy) is 1. The second-order valence-corrected chi connectivity index (χ2v) is 11.5. The lowest BCUT2D eigenvalue weighted by molar-refractivity contribution is -0.118. The van der Waals surface area contributed by atoms with E-state index in [0.29, 0.717) is 18.1 Å². The second-order valence-electron chi connectivity index (χ2n) is 10.5. The highest BCUT2D eigenvalue weighted by molar-refractivity contribution is 7.10. The highest BCUT2D eigenvalue weighted by Crippen LogP contribution is 2.32. The molecule has 0 fully saturated rings. The molecule has 3 aromatic carbocycles. The number of para-hydroxylation sites is 1. The first-order valence-electron chi connectivity index (χ1n) is 14.1. The quantitative estimate of drug-likeness (QED) is 0.193. The van der Waals surface area contributed by atoms with Crippen LogP contribution < -0.4 is 15.4 Å². The van der Waals surface area contributed by atoms with Crippen LogP contribution in [0.3, 0.4) is 0 Å². The molecular formula is C34H33N5O2S. The van der Waals surface area contributed by atoms with Gasteiger partial charge in [0.2, 0.25) is 0 Å². The van der Waals surface area contributed by atoms with Crippen LogP contribution in [0.2, 0.25) is 0 Å². The molecule has 5 aromatic rings. The fraction of sp³-hybridized carbons (Fsp3) is 0.206. The van der Waals surface area contributed by atoms with Gasteiger partial charge in [0, 0.05) is 58.0 Å². The normalized spacial score (nSPS) is 12.9. The molecule has 1 aliphatic heterocycles. The van der Waals surface area contributed by atoms with Crippen molar-refractivity contribution >= 4 is 34.3 Å². The number of nitrogens with one attached hydrogen (secondary N) is 2. The van der Waals surface area contributed by atoms with Crippen molar-refractivity contribution in [2.24, 2.45) is 0 Å². The number of carbonyl (C=O) groups is 1. The van der Waals surface area contributed by atoms with Gasteiger partial charge in [-0.25, -0.2) is 9.97 Å². The van der Waals surface area contributed by atoms with E-state index in [1.54, 1.807) is 29.8 Å². The molecular weight excluding hydrogens is 542 g/mol. The first kappa shape index (κ1) is 27.6. The van der Waals surface area contributed by atoms with Crippen molar-refractivity contribution < 1.29 is 9.53 Å². The van der Waals surface area contributed by atoms with E-state index in [1.807, 2.05) is 30.3 Å². The summed E-state index contributed by atoms with van der Waals surface area (Å²) in [5.74, 6) is 1.09. The predicted octanol–water partition coefficient (Wildman–Crippen LogP) is 7.26. The van der Waals surface area contributed by atoms with Gasteiger partial charge in [0.1, 0.15) is 5.75 Å². The Hall–Kier alpha value is -4.53. The first-order valence-corrected chi connectivity index (χ1v) is 15.0. The Kier molecular flexibility index (Phi) is 8.26. The molecule has 0 aliphatic carbocycles. The monoisotopic (exact) mass is 575 g/mol. The number of benzene rings is 3. The maximum atomic E-state index is 13.0. The van der Waals surface area contributed by atoms with Crippen LogP contribution in [0, 0.1) is 0 Å². The van der Waals surface area contributed by atoms with E-state index in [-0.39, 0.29) is 18.6 Å². The summed E-state index contributed by atoms with van der Waals surface area (Å²) in [7, 11) is 2.09. The topological polar surface area (TPSA) is 79.4 Å². The van der Waals surface area contributed by atoms with Gasteiger partial charge in [-0.2, -0.15) is 0 Å². The molecule has 2 N–H and O–H groups in total. The van der Waals surface area contributed by atoms with E-state index < -0.39 is 0 Å². The summed E-state index contributed by atoms with van der Waals surface area (Å²) in [6.45, 7) is 2.72. The number of carbonyl (C=O) groups excluding carboxylic acids is 1. The SMILES string of the molecule is CC(c1cccs1)N(C)Cc1cc(-c2ncccn2)ccc1OCC(=O)Nc1ccc2c(c1)Nc1ccccc1CC2. The van der Waals surface area contributed by atoms with Crippen LogP contribution >= 0.6 is 11.3 Å². The van der Waals surface area contributed by atoms with E-state index in [9.17, 15) is 4.79 Å².